The normalized spacial score (nSPS) is 11.1. The molecule has 4 rings (SSSR count). The zero-order chi connectivity index (χ0) is 19.5. The number of rotatable bonds is 7. The van der Waals surface area contributed by atoms with Crippen molar-refractivity contribution in [2.75, 3.05) is 12.9 Å². The van der Waals surface area contributed by atoms with E-state index in [1.807, 2.05) is 41.8 Å². The lowest BCUT2D eigenvalue weighted by Gasteiger charge is -2.06. The maximum absolute atomic E-state index is 12.5. The lowest BCUT2D eigenvalue weighted by molar-refractivity contribution is 0.102. The number of fused-ring (bicyclic) bond motifs is 1. The van der Waals surface area contributed by atoms with Gasteiger partial charge >= 0.3 is 0 Å². The predicted molar refractivity (Wildman–Crippen MR) is 109 cm³/mol. The topological polar surface area (TPSA) is 70.2 Å². The van der Waals surface area contributed by atoms with Gasteiger partial charge in [-0.3, -0.25) is 9.36 Å². The van der Waals surface area contributed by atoms with Crippen LogP contribution in [0, 0.1) is 0 Å². The highest BCUT2D eigenvalue weighted by Crippen LogP contribution is 2.29. The van der Waals surface area contributed by atoms with Crippen molar-refractivity contribution in [1.29, 1.82) is 0 Å². The molecule has 4 aromatic rings. The predicted octanol–water partition coefficient (Wildman–Crippen LogP) is 4.69. The van der Waals surface area contributed by atoms with Crippen LogP contribution < -0.4 is 4.74 Å². The van der Waals surface area contributed by atoms with Crippen LogP contribution in [0.25, 0.3) is 22.6 Å². The molecule has 0 aliphatic rings. The van der Waals surface area contributed by atoms with Crippen molar-refractivity contribution in [3.05, 3.63) is 60.2 Å². The Morgan fingerprint density at radius 3 is 2.64 bits per heavy atom. The Bertz CT molecular complexity index is 1080. The lowest BCUT2D eigenvalue weighted by atomic mass is 10.1. The number of ketones is 1. The molecule has 0 N–H and O–H groups in total. The number of benzene rings is 2. The Morgan fingerprint density at radius 1 is 1.14 bits per heavy atom. The van der Waals surface area contributed by atoms with Crippen LogP contribution in [-0.4, -0.2) is 33.4 Å². The smallest absolute Gasteiger partial charge is 0.200 e. The summed E-state index contributed by atoms with van der Waals surface area (Å²) >= 11 is 1.37. The summed E-state index contributed by atoms with van der Waals surface area (Å²) in [5.41, 5.74) is 1.46. The van der Waals surface area contributed by atoms with Gasteiger partial charge in [0.05, 0.1) is 12.9 Å². The SMILES string of the molecule is CCn1c(SCC(=O)c2ccc(OC)cc2)nnc1-c1cc2ccccc2o1. The minimum atomic E-state index is 0.0311. The van der Waals surface area contributed by atoms with Gasteiger partial charge in [0.2, 0.25) is 5.82 Å². The molecular formula is C21H19N3O3S. The fourth-order valence-corrected chi connectivity index (χ4v) is 3.84. The standard InChI is InChI=1S/C21H19N3O3S/c1-3-24-20(19-12-15-6-4-5-7-18(15)27-19)22-23-21(24)28-13-17(25)14-8-10-16(26-2)11-9-14/h4-12H,3,13H2,1-2H3. The molecule has 0 saturated heterocycles. The molecule has 6 nitrogen and oxygen atoms in total. The third-order valence-corrected chi connectivity index (χ3v) is 5.39. The fourth-order valence-electron chi connectivity index (χ4n) is 2.95. The van der Waals surface area contributed by atoms with Gasteiger partial charge < -0.3 is 9.15 Å². The van der Waals surface area contributed by atoms with Crippen LogP contribution in [-0.2, 0) is 6.54 Å². The van der Waals surface area contributed by atoms with Crippen molar-refractivity contribution in [1.82, 2.24) is 14.8 Å². The average molecular weight is 393 g/mol. The maximum atomic E-state index is 12.5. The van der Waals surface area contributed by atoms with E-state index < -0.39 is 0 Å². The second-order valence-corrected chi connectivity index (χ2v) is 7.08. The molecule has 0 bridgehead atoms. The first-order valence-corrected chi connectivity index (χ1v) is 9.90. The van der Waals surface area contributed by atoms with E-state index in [2.05, 4.69) is 10.2 Å². The van der Waals surface area contributed by atoms with Crippen molar-refractivity contribution in [2.24, 2.45) is 0 Å². The van der Waals surface area contributed by atoms with Gasteiger partial charge in [-0.25, -0.2) is 0 Å². The van der Waals surface area contributed by atoms with Crippen LogP contribution >= 0.6 is 11.8 Å². The molecule has 0 atom stereocenters. The van der Waals surface area contributed by atoms with Crippen LogP contribution in [0.2, 0.25) is 0 Å². The third-order valence-electron chi connectivity index (χ3n) is 4.42. The molecule has 0 radical (unpaired) electrons. The number of aromatic nitrogens is 3. The molecule has 2 aromatic heterocycles. The average Bonchev–Trinajstić information content (AvgIpc) is 3.35. The second-order valence-electron chi connectivity index (χ2n) is 6.14. The summed E-state index contributed by atoms with van der Waals surface area (Å²) in [6, 6.07) is 16.9. The molecule has 0 saturated carbocycles. The monoisotopic (exact) mass is 393 g/mol. The zero-order valence-electron chi connectivity index (χ0n) is 15.6. The first-order valence-electron chi connectivity index (χ1n) is 8.91. The Morgan fingerprint density at radius 2 is 1.93 bits per heavy atom. The number of carbonyl (C=O) groups excluding carboxylic acids is 1. The number of furan rings is 1. The number of hydrogen-bond acceptors (Lipinski definition) is 6. The highest BCUT2D eigenvalue weighted by atomic mass is 32.2. The number of Topliss-reactive ketones (excluding diaryl/α,β-unsaturated/α-hetero) is 1. The summed E-state index contributed by atoms with van der Waals surface area (Å²) in [6.07, 6.45) is 0. The van der Waals surface area contributed by atoms with Gasteiger partial charge in [-0.1, -0.05) is 30.0 Å². The molecule has 2 aromatic carbocycles. The maximum Gasteiger partial charge on any atom is 0.200 e. The van der Waals surface area contributed by atoms with E-state index in [1.165, 1.54) is 11.8 Å². The highest BCUT2D eigenvalue weighted by Gasteiger charge is 2.18. The summed E-state index contributed by atoms with van der Waals surface area (Å²) in [6.45, 7) is 2.70. The molecule has 0 spiro atoms. The minimum absolute atomic E-state index is 0.0311. The summed E-state index contributed by atoms with van der Waals surface area (Å²) in [5.74, 6) is 2.38. The van der Waals surface area contributed by atoms with Crippen LogP contribution in [0.15, 0.2) is 64.2 Å². The minimum Gasteiger partial charge on any atom is -0.497 e. The van der Waals surface area contributed by atoms with Gasteiger partial charge in [0, 0.05) is 17.5 Å². The summed E-state index contributed by atoms with van der Waals surface area (Å²) in [7, 11) is 1.60. The van der Waals surface area contributed by atoms with E-state index in [1.54, 1.807) is 31.4 Å². The van der Waals surface area contributed by atoms with E-state index in [9.17, 15) is 4.79 Å². The van der Waals surface area contributed by atoms with Gasteiger partial charge in [0.25, 0.3) is 0 Å². The van der Waals surface area contributed by atoms with Crippen molar-refractivity contribution < 1.29 is 13.9 Å². The molecule has 0 unspecified atom stereocenters. The number of methoxy groups -OCH3 is 1. The third kappa shape index (κ3) is 3.53. The molecule has 0 aliphatic heterocycles. The van der Waals surface area contributed by atoms with Crippen molar-refractivity contribution >= 4 is 28.5 Å². The van der Waals surface area contributed by atoms with E-state index in [-0.39, 0.29) is 11.5 Å². The Balaban J connectivity index is 1.53. The number of hydrogen-bond donors (Lipinski definition) is 0. The van der Waals surface area contributed by atoms with Gasteiger partial charge in [-0.15, -0.1) is 10.2 Å². The first-order chi connectivity index (χ1) is 13.7. The number of nitrogens with zero attached hydrogens (tertiary/aromatic N) is 3. The van der Waals surface area contributed by atoms with Crippen molar-refractivity contribution in [3.8, 4) is 17.3 Å². The zero-order valence-corrected chi connectivity index (χ0v) is 16.4. The van der Waals surface area contributed by atoms with Crippen molar-refractivity contribution in [2.45, 2.75) is 18.6 Å². The molecule has 142 valence electrons. The van der Waals surface area contributed by atoms with Gasteiger partial charge in [-0.05, 0) is 43.3 Å². The molecule has 28 heavy (non-hydrogen) atoms. The lowest BCUT2D eigenvalue weighted by Crippen LogP contribution is -2.05. The van der Waals surface area contributed by atoms with Crippen LogP contribution in [0.3, 0.4) is 0 Å². The molecule has 0 fully saturated rings. The quantitative estimate of drug-likeness (QED) is 0.335. The van der Waals surface area contributed by atoms with Crippen LogP contribution in [0.1, 0.15) is 17.3 Å². The number of carbonyl (C=O) groups is 1. The molecule has 7 heteroatoms. The Hall–Kier alpha value is -3.06. The largest absolute Gasteiger partial charge is 0.497 e. The van der Waals surface area contributed by atoms with E-state index in [0.29, 0.717) is 28.8 Å². The van der Waals surface area contributed by atoms with Gasteiger partial charge in [0.15, 0.2) is 16.7 Å². The number of ether oxygens (including phenoxy) is 1. The molecular weight excluding hydrogens is 374 g/mol. The number of thioether (sulfide) groups is 1. The molecule has 2 heterocycles. The van der Waals surface area contributed by atoms with Gasteiger partial charge in [0.1, 0.15) is 11.3 Å². The Kier molecular flexibility index (Phi) is 5.16. The molecule has 0 amide bonds. The summed E-state index contributed by atoms with van der Waals surface area (Å²) in [4.78, 5) is 12.5. The van der Waals surface area contributed by atoms with E-state index in [4.69, 9.17) is 9.15 Å². The highest BCUT2D eigenvalue weighted by molar-refractivity contribution is 7.99. The summed E-state index contributed by atoms with van der Waals surface area (Å²) in [5, 5.41) is 10.3. The fraction of sp³-hybridized carbons (Fsp3) is 0.190. The van der Waals surface area contributed by atoms with E-state index >= 15 is 0 Å². The second kappa shape index (κ2) is 7.90. The first kappa shape index (κ1) is 18.3. The van der Waals surface area contributed by atoms with Gasteiger partial charge in [-0.2, -0.15) is 0 Å². The Labute approximate surface area is 166 Å². The molecule has 0 aliphatic carbocycles. The van der Waals surface area contributed by atoms with Crippen molar-refractivity contribution in [3.63, 3.8) is 0 Å². The van der Waals surface area contributed by atoms with Crippen LogP contribution in [0.4, 0.5) is 0 Å². The van der Waals surface area contributed by atoms with E-state index in [0.717, 1.165) is 16.7 Å². The number of para-hydroxylation sites is 1. The van der Waals surface area contributed by atoms with Crippen LogP contribution in [0.5, 0.6) is 5.75 Å². The summed E-state index contributed by atoms with van der Waals surface area (Å²) < 4.78 is 13.0.